The molecular weight excluding hydrogens is 468 g/mol. The smallest absolute Gasteiger partial charge is 0.303 e. The molecule has 2 aromatic carbocycles. The van der Waals surface area contributed by atoms with Crippen molar-refractivity contribution in [1.29, 1.82) is 0 Å². The van der Waals surface area contributed by atoms with Crippen LogP contribution in [-0.2, 0) is 21.4 Å². The first-order chi connectivity index (χ1) is 16.6. The molecule has 0 fully saturated rings. The Kier molecular flexibility index (Phi) is 7.44. The quantitative estimate of drug-likeness (QED) is 0.573. The highest BCUT2D eigenvalue weighted by atomic mass is 32.2. The number of benzene rings is 2. The number of aliphatic carboxylic acids is 1. The number of hydrazone groups is 1. The van der Waals surface area contributed by atoms with E-state index in [4.69, 9.17) is 4.74 Å². The van der Waals surface area contributed by atoms with Gasteiger partial charge < -0.3 is 9.84 Å². The third kappa shape index (κ3) is 5.83. The van der Waals surface area contributed by atoms with E-state index in [-0.39, 0.29) is 42.5 Å². The number of hydrogen-bond acceptors (Lipinski definition) is 7. The molecule has 0 saturated carbocycles. The number of hydrogen-bond donors (Lipinski definition) is 2. The van der Waals surface area contributed by atoms with Gasteiger partial charge in [0.25, 0.3) is 0 Å². The highest BCUT2D eigenvalue weighted by Crippen LogP contribution is 2.33. The number of sulfonamides is 1. The minimum atomic E-state index is -3.76. The fraction of sp³-hybridized carbons (Fsp3) is 0.440. The molecule has 4 rings (SSSR count). The molecular formula is C25H32N4O5S. The van der Waals surface area contributed by atoms with E-state index in [1.54, 1.807) is 29.4 Å². The van der Waals surface area contributed by atoms with Crippen LogP contribution >= 0.6 is 0 Å². The molecule has 2 unspecified atom stereocenters. The summed E-state index contributed by atoms with van der Waals surface area (Å²) in [5.41, 5.74) is 5.90. The van der Waals surface area contributed by atoms with Gasteiger partial charge in [0, 0.05) is 19.8 Å². The standard InChI is InChI=1S/C25H32N4O5S/c1-17-8-9-19(20(13-25(30)31)10-11-22-14-26-28(3)27-22)12-21(17)16-29-15-18(2)34-23-6-4-5-7-24(23)35(29,32)33/h4-9,12,14,18,20,22,27H,10-11,13,15-16H2,1-3H3,(H,30,31)/t18-,20?,22?/m1/s1. The first-order valence-electron chi connectivity index (χ1n) is 11.7. The van der Waals surface area contributed by atoms with Crippen LogP contribution in [0.5, 0.6) is 5.75 Å². The summed E-state index contributed by atoms with van der Waals surface area (Å²) in [4.78, 5) is 11.8. The van der Waals surface area contributed by atoms with Crippen LogP contribution < -0.4 is 10.2 Å². The van der Waals surface area contributed by atoms with E-state index in [1.807, 2.05) is 45.3 Å². The summed E-state index contributed by atoms with van der Waals surface area (Å²) >= 11 is 0. The van der Waals surface area contributed by atoms with Crippen LogP contribution in [0.3, 0.4) is 0 Å². The monoisotopic (exact) mass is 500 g/mol. The van der Waals surface area contributed by atoms with Crippen molar-refractivity contribution in [3.05, 3.63) is 59.2 Å². The van der Waals surface area contributed by atoms with Crippen LogP contribution in [0, 0.1) is 6.92 Å². The molecule has 188 valence electrons. The van der Waals surface area contributed by atoms with Crippen molar-refractivity contribution in [2.24, 2.45) is 5.10 Å². The maximum atomic E-state index is 13.5. The maximum absolute atomic E-state index is 13.5. The fourth-order valence-electron chi connectivity index (χ4n) is 4.60. The summed E-state index contributed by atoms with van der Waals surface area (Å²) in [6, 6.07) is 12.6. The van der Waals surface area contributed by atoms with Crippen LogP contribution in [0.4, 0.5) is 0 Å². The Bertz CT molecular complexity index is 1220. The summed E-state index contributed by atoms with van der Waals surface area (Å²) in [5, 5.41) is 15.4. The second-order valence-electron chi connectivity index (χ2n) is 9.25. The van der Waals surface area contributed by atoms with Crippen molar-refractivity contribution in [2.75, 3.05) is 13.6 Å². The summed E-state index contributed by atoms with van der Waals surface area (Å²) in [6.45, 7) is 4.21. The molecule has 0 amide bonds. The maximum Gasteiger partial charge on any atom is 0.303 e. The number of rotatable bonds is 8. The van der Waals surface area contributed by atoms with Crippen molar-refractivity contribution >= 4 is 22.2 Å². The third-order valence-electron chi connectivity index (χ3n) is 6.47. The molecule has 9 nitrogen and oxygen atoms in total. The lowest BCUT2D eigenvalue weighted by Crippen LogP contribution is -2.35. The number of nitrogens with one attached hydrogen (secondary N) is 1. The van der Waals surface area contributed by atoms with E-state index in [2.05, 4.69) is 10.5 Å². The van der Waals surface area contributed by atoms with Crippen LogP contribution in [0.15, 0.2) is 52.5 Å². The minimum absolute atomic E-state index is 0.00245. The van der Waals surface area contributed by atoms with E-state index >= 15 is 0 Å². The average molecular weight is 501 g/mol. The SMILES string of the molecule is Cc1ccc(C(CCC2C=NN(C)N2)CC(=O)O)cc1CN1C[C@@H](C)Oc2ccccc2S1(=O)=O. The molecule has 3 atom stereocenters. The van der Waals surface area contributed by atoms with E-state index in [0.29, 0.717) is 12.2 Å². The van der Waals surface area contributed by atoms with E-state index in [9.17, 15) is 18.3 Å². The number of ether oxygens (including phenoxy) is 1. The van der Waals surface area contributed by atoms with Crippen molar-refractivity contribution < 1.29 is 23.1 Å². The van der Waals surface area contributed by atoms with Gasteiger partial charge in [0.05, 0.1) is 19.0 Å². The van der Waals surface area contributed by atoms with Crippen LogP contribution in [0.25, 0.3) is 0 Å². The van der Waals surface area contributed by atoms with Gasteiger partial charge in [-0.3, -0.25) is 4.79 Å². The highest BCUT2D eigenvalue weighted by molar-refractivity contribution is 7.89. The van der Waals surface area contributed by atoms with Gasteiger partial charge in [0.15, 0.2) is 0 Å². The van der Waals surface area contributed by atoms with Gasteiger partial charge in [0.2, 0.25) is 10.0 Å². The number of carboxylic acid groups (broad SMARTS) is 1. The lowest BCUT2D eigenvalue weighted by Gasteiger charge is -2.24. The molecule has 0 bridgehead atoms. The van der Waals surface area contributed by atoms with Gasteiger partial charge in [-0.2, -0.15) is 9.41 Å². The van der Waals surface area contributed by atoms with Crippen LogP contribution in [0.2, 0.25) is 0 Å². The van der Waals surface area contributed by atoms with E-state index in [1.165, 1.54) is 4.31 Å². The Balaban J connectivity index is 1.59. The molecule has 0 saturated heterocycles. The molecule has 2 aromatic rings. The third-order valence-corrected chi connectivity index (χ3v) is 8.32. The molecule has 2 N–H and O–H groups in total. The molecule has 0 spiro atoms. The molecule has 0 aliphatic carbocycles. The lowest BCUT2D eigenvalue weighted by molar-refractivity contribution is -0.137. The molecule has 2 heterocycles. The molecule has 35 heavy (non-hydrogen) atoms. The van der Waals surface area contributed by atoms with Crippen molar-refractivity contribution in [2.45, 2.75) is 62.6 Å². The Labute approximate surface area is 206 Å². The van der Waals surface area contributed by atoms with Crippen molar-refractivity contribution in [3.63, 3.8) is 0 Å². The Morgan fingerprint density at radius 2 is 2.06 bits per heavy atom. The number of hydrazine groups is 1. The van der Waals surface area contributed by atoms with Crippen molar-refractivity contribution in [1.82, 2.24) is 14.8 Å². The topological polar surface area (TPSA) is 112 Å². The second-order valence-corrected chi connectivity index (χ2v) is 11.2. The molecule has 2 aliphatic heterocycles. The van der Waals surface area contributed by atoms with Gasteiger partial charge in [-0.15, -0.1) is 0 Å². The van der Waals surface area contributed by atoms with Gasteiger partial charge in [-0.1, -0.05) is 30.3 Å². The molecule has 10 heteroatoms. The van der Waals surface area contributed by atoms with E-state index in [0.717, 1.165) is 23.1 Å². The molecule has 0 radical (unpaired) electrons. The zero-order valence-electron chi connectivity index (χ0n) is 20.2. The Morgan fingerprint density at radius 3 is 2.77 bits per heavy atom. The van der Waals surface area contributed by atoms with Gasteiger partial charge in [0.1, 0.15) is 16.7 Å². The predicted octanol–water partition coefficient (Wildman–Crippen LogP) is 3.11. The van der Waals surface area contributed by atoms with Gasteiger partial charge >= 0.3 is 5.97 Å². The lowest BCUT2D eigenvalue weighted by atomic mass is 9.88. The number of carboxylic acids is 1. The zero-order valence-corrected chi connectivity index (χ0v) is 21.0. The fourth-order valence-corrected chi connectivity index (χ4v) is 6.21. The summed E-state index contributed by atoms with van der Waals surface area (Å²) in [7, 11) is -1.94. The highest BCUT2D eigenvalue weighted by Gasteiger charge is 2.33. The number of para-hydroxylation sites is 1. The summed E-state index contributed by atoms with van der Waals surface area (Å²) in [5.74, 6) is -0.694. The Morgan fingerprint density at radius 1 is 1.29 bits per heavy atom. The predicted molar refractivity (Wildman–Crippen MR) is 133 cm³/mol. The minimum Gasteiger partial charge on any atom is -0.488 e. The second kappa shape index (κ2) is 10.3. The zero-order chi connectivity index (χ0) is 25.2. The van der Waals surface area contributed by atoms with Crippen LogP contribution in [0.1, 0.15) is 48.8 Å². The summed E-state index contributed by atoms with van der Waals surface area (Å²) < 4.78 is 34.3. The van der Waals surface area contributed by atoms with Crippen LogP contribution in [-0.4, -0.2) is 60.9 Å². The molecule has 0 aromatic heterocycles. The Hall–Kier alpha value is -2.95. The molecule has 2 aliphatic rings. The number of nitrogens with zero attached hydrogens (tertiary/aromatic N) is 3. The average Bonchev–Trinajstić information content (AvgIpc) is 3.18. The number of carbonyl (C=O) groups is 1. The number of aryl methyl sites for hydroxylation is 1. The largest absolute Gasteiger partial charge is 0.488 e. The van der Waals surface area contributed by atoms with Gasteiger partial charge in [-0.25, -0.2) is 19.0 Å². The summed E-state index contributed by atoms with van der Waals surface area (Å²) in [6.07, 6.45) is 2.91. The first kappa shape index (κ1) is 25.2. The normalized spacial score (nSPS) is 22.3. The number of fused-ring (bicyclic) bond motifs is 1. The first-order valence-corrected chi connectivity index (χ1v) is 13.2. The van der Waals surface area contributed by atoms with Gasteiger partial charge in [-0.05, 0) is 61.4 Å². The van der Waals surface area contributed by atoms with E-state index < -0.39 is 16.0 Å². The van der Waals surface area contributed by atoms with Crippen molar-refractivity contribution in [3.8, 4) is 5.75 Å².